The van der Waals surface area contributed by atoms with Crippen LogP contribution in [0.1, 0.15) is 50.0 Å². The Labute approximate surface area is 133 Å². The highest BCUT2D eigenvalue weighted by atomic mass is 32.2. The first-order valence-corrected chi connectivity index (χ1v) is 9.50. The number of hydrogen-bond acceptors (Lipinski definition) is 3. The summed E-state index contributed by atoms with van der Waals surface area (Å²) in [6, 6.07) is 9.96. The van der Waals surface area contributed by atoms with E-state index in [9.17, 15) is 0 Å². The molecule has 2 fully saturated rings. The van der Waals surface area contributed by atoms with Crippen molar-refractivity contribution >= 4 is 11.8 Å². The standard InChI is InChI=1S/C18H27NOS/c1-20-18-9-4-3-8-17(18)13-10-15(11-13)19-14-6-5-7-16(12-14)21-2/h3-4,8-9,13-16,19H,5-7,10-12H2,1-2H3. The van der Waals surface area contributed by atoms with Gasteiger partial charge < -0.3 is 10.1 Å². The maximum absolute atomic E-state index is 5.49. The molecule has 3 rings (SSSR count). The molecule has 0 heterocycles. The van der Waals surface area contributed by atoms with Crippen molar-refractivity contribution in [2.24, 2.45) is 0 Å². The third-order valence-electron chi connectivity index (χ3n) is 5.15. The van der Waals surface area contributed by atoms with Crippen LogP contribution in [-0.2, 0) is 0 Å². The third-order valence-corrected chi connectivity index (χ3v) is 6.24. The minimum Gasteiger partial charge on any atom is -0.496 e. The predicted molar refractivity (Wildman–Crippen MR) is 91.5 cm³/mol. The first-order valence-electron chi connectivity index (χ1n) is 8.22. The van der Waals surface area contributed by atoms with Gasteiger partial charge >= 0.3 is 0 Å². The maximum atomic E-state index is 5.49. The lowest BCUT2D eigenvalue weighted by molar-refractivity contribution is 0.237. The van der Waals surface area contributed by atoms with Gasteiger partial charge in [0, 0.05) is 17.3 Å². The number of ether oxygens (including phenoxy) is 1. The summed E-state index contributed by atoms with van der Waals surface area (Å²) in [7, 11) is 1.78. The Morgan fingerprint density at radius 2 is 1.90 bits per heavy atom. The molecule has 0 aliphatic heterocycles. The zero-order valence-corrected chi connectivity index (χ0v) is 14.0. The molecule has 0 amide bonds. The van der Waals surface area contributed by atoms with Crippen LogP contribution >= 0.6 is 11.8 Å². The van der Waals surface area contributed by atoms with Crippen molar-refractivity contribution in [3.63, 3.8) is 0 Å². The van der Waals surface area contributed by atoms with Gasteiger partial charge in [-0.3, -0.25) is 0 Å². The van der Waals surface area contributed by atoms with Gasteiger partial charge in [0.15, 0.2) is 0 Å². The Morgan fingerprint density at radius 3 is 2.67 bits per heavy atom. The molecule has 2 atom stereocenters. The highest BCUT2D eigenvalue weighted by molar-refractivity contribution is 7.99. The number of hydrogen-bond donors (Lipinski definition) is 1. The summed E-state index contributed by atoms with van der Waals surface area (Å²) in [5, 5.41) is 4.78. The summed E-state index contributed by atoms with van der Waals surface area (Å²) in [4.78, 5) is 0. The molecule has 116 valence electrons. The summed E-state index contributed by atoms with van der Waals surface area (Å²) in [5.74, 6) is 1.74. The fourth-order valence-electron chi connectivity index (χ4n) is 3.86. The summed E-state index contributed by atoms with van der Waals surface area (Å²) in [6.07, 6.45) is 10.3. The Morgan fingerprint density at radius 1 is 1.10 bits per heavy atom. The fraction of sp³-hybridized carbons (Fsp3) is 0.667. The van der Waals surface area contributed by atoms with Gasteiger partial charge in [-0.25, -0.2) is 0 Å². The average Bonchev–Trinajstić information content (AvgIpc) is 2.50. The van der Waals surface area contributed by atoms with E-state index in [0.29, 0.717) is 12.0 Å². The summed E-state index contributed by atoms with van der Waals surface area (Å²) in [6.45, 7) is 0. The zero-order valence-electron chi connectivity index (χ0n) is 13.2. The van der Waals surface area contributed by atoms with E-state index in [1.807, 2.05) is 11.8 Å². The smallest absolute Gasteiger partial charge is 0.122 e. The molecule has 3 heteroatoms. The molecule has 2 nitrogen and oxygen atoms in total. The lowest BCUT2D eigenvalue weighted by Crippen LogP contribution is -2.47. The molecule has 0 spiro atoms. The van der Waals surface area contributed by atoms with Crippen molar-refractivity contribution in [3.05, 3.63) is 29.8 Å². The van der Waals surface area contributed by atoms with E-state index in [1.54, 1.807) is 7.11 Å². The van der Waals surface area contributed by atoms with E-state index in [1.165, 1.54) is 44.1 Å². The SMILES string of the molecule is COc1ccccc1C1CC(NC2CCCC(SC)C2)C1. The monoisotopic (exact) mass is 305 g/mol. The second kappa shape index (κ2) is 7.06. The molecule has 2 saturated carbocycles. The second-order valence-electron chi connectivity index (χ2n) is 6.50. The fourth-order valence-corrected chi connectivity index (χ4v) is 4.68. The van der Waals surface area contributed by atoms with E-state index in [2.05, 4.69) is 35.8 Å². The number of para-hydroxylation sites is 1. The number of methoxy groups -OCH3 is 1. The molecule has 1 aromatic carbocycles. The van der Waals surface area contributed by atoms with Crippen LogP contribution in [0.3, 0.4) is 0 Å². The van der Waals surface area contributed by atoms with Gasteiger partial charge in [-0.1, -0.05) is 24.6 Å². The van der Waals surface area contributed by atoms with Gasteiger partial charge in [-0.2, -0.15) is 11.8 Å². The van der Waals surface area contributed by atoms with Gasteiger partial charge in [0.05, 0.1) is 7.11 Å². The van der Waals surface area contributed by atoms with Crippen LogP contribution in [0.4, 0.5) is 0 Å². The summed E-state index contributed by atoms with van der Waals surface area (Å²) >= 11 is 2.05. The highest BCUT2D eigenvalue weighted by Crippen LogP contribution is 2.41. The van der Waals surface area contributed by atoms with Crippen LogP contribution in [0.25, 0.3) is 0 Å². The lowest BCUT2D eigenvalue weighted by Gasteiger charge is -2.41. The molecule has 1 aromatic rings. The van der Waals surface area contributed by atoms with E-state index >= 15 is 0 Å². The molecular formula is C18H27NOS. The van der Waals surface area contributed by atoms with Crippen LogP contribution in [0.5, 0.6) is 5.75 Å². The van der Waals surface area contributed by atoms with Crippen LogP contribution in [-0.4, -0.2) is 30.7 Å². The Bertz CT molecular complexity index is 458. The van der Waals surface area contributed by atoms with Crippen LogP contribution in [0.2, 0.25) is 0 Å². The van der Waals surface area contributed by atoms with Crippen LogP contribution in [0, 0.1) is 0 Å². The van der Waals surface area contributed by atoms with Crippen molar-refractivity contribution in [2.45, 2.75) is 61.8 Å². The van der Waals surface area contributed by atoms with Gasteiger partial charge in [0.25, 0.3) is 0 Å². The van der Waals surface area contributed by atoms with Crippen LogP contribution < -0.4 is 10.1 Å². The largest absolute Gasteiger partial charge is 0.496 e. The summed E-state index contributed by atoms with van der Waals surface area (Å²) in [5.41, 5.74) is 1.39. The maximum Gasteiger partial charge on any atom is 0.122 e. The summed E-state index contributed by atoms with van der Waals surface area (Å²) < 4.78 is 5.49. The molecule has 2 aliphatic carbocycles. The molecule has 0 saturated heterocycles. The minimum absolute atomic E-state index is 0.679. The minimum atomic E-state index is 0.679. The molecule has 2 unspecified atom stereocenters. The Kier molecular flexibility index (Phi) is 5.12. The van der Waals surface area contributed by atoms with Crippen molar-refractivity contribution in [3.8, 4) is 5.75 Å². The second-order valence-corrected chi connectivity index (χ2v) is 7.63. The Hall–Kier alpha value is -0.670. The van der Waals surface area contributed by atoms with E-state index in [0.717, 1.165) is 17.0 Å². The zero-order chi connectivity index (χ0) is 14.7. The van der Waals surface area contributed by atoms with Crippen molar-refractivity contribution in [2.75, 3.05) is 13.4 Å². The van der Waals surface area contributed by atoms with Crippen molar-refractivity contribution in [1.29, 1.82) is 0 Å². The van der Waals surface area contributed by atoms with E-state index < -0.39 is 0 Å². The Balaban J connectivity index is 1.49. The number of nitrogens with one attached hydrogen (secondary N) is 1. The third kappa shape index (κ3) is 3.57. The van der Waals surface area contributed by atoms with Crippen LogP contribution in [0.15, 0.2) is 24.3 Å². The number of thioether (sulfide) groups is 1. The number of rotatable bonds is 5. The van der Waals surface area contributed by atoms with Crippen molar-refractivity contribution < 1.29 is 4.74 Å². The molecular weight excluding hydrogens is 278 g/mol. The number of benzene rings is 1. The molecule has 2 aliphatic rings. The van der Waals surface area contributed by atoms with Crippen molar-refractivity contribution in [1.82, 2.24) is 5.32 Å². The van der Waals surface area contributed by atoms with Gasteiger partial charge in [0.1, 0.15) is 5.75 Å². The quantitative estimate of drug-likeness (QED) is 0.880. The van der Waals surface area contributed by atoms with E-state index in [4.69, 9.17) is 4.74 Å². The van der Waals surface area contributed by atoms with Gasteiger partial charge in [-0.15, -0.1) is 0 Å². The average molecular weight is 305 g/mol. The molecule has 0 aromatic heterocycles. The lowest BCUT2D eigenvalue weighted by atomic mass is 9.75. The molecule has 1 N–H and O–H groups in total. The topological polar surface area (TPSA) is 21.3 Å². The highest BCUT2D eigenvalue weighted by Gasteiger charge is 2.34. The molecule has 0 bridgehead atoms. The normalized spacial score (nSPS) is 32.5. The molecule has 0 radical (unpaired) electrons. The van der Waals surface area contributed by atoms with Gasteiger partial charge in [0.2, 0.25) is 0 Å². The van der Waals surface area contributed by atoms with E-state index in [-0.39, 0.29) is 0 Å². The molecule has 21 heavy (non-hydrogen) atoms. The first-order chi connectivity index (χ1) is 10.3. The van der Waals surface area contributed by atoms with Gasteiger partial charge in [-0.05, 0) is 55.9 Å². The predicted octanol–water partition coefficient (Wildman–Crippen LogP) is 4.21. The first kappa shape index (κ1) is 15.2.